The molecule has 0 aliphatic heterocycles. The monoisotopic (exact) mass is 341 g/mol. The van der Waals surface area contributed by atoms with Crippen LogP contribution in [0.3, 0.4) is 0 Å². The van der Waals surface area contributed by atoms with E-state index in [1.165, 1.54) is 12.1 Å². The summed E-state index contributed by atoms with van der Waals surface area (Å²) < 4.78 is 20.6. The predicted molar refractivity (Wildman–Crippen MR) is 92.2 cm³/mol. The van der Waals surface area contributed by atoms with Gasteiger partial charge in [-0.05, 0) is 36.4 Å². The molecule has 3 rings (SSSR count). The number of hydrogen-bond donors (Lipinski definition) is 1. The van der Waals surface area contributed by atoms with Crippen LogP contribution in [0.25, 0.3) is 11.3 Å². The maximum absolute atomic E-state index is 13.0. The van der Waals surface area contributed by atoms with E-state index in [0.717, 1.165) is 17.8 Å². The van der Waals surface area contributed by atoms with E-state index in [2.05, 4.69) is 10.3 Å². The second kappa shape index (κ2) is 7.79. The van der Waals surface area contributed by atoms with Crippen molar-refractivity contribution in [3.63, 3.8) is 0 Å². The molecule has 0 saturated carbocycles. The average molecular weight is 341 g/mol. The summed E-state index contributed by atoms with van der Waals surface area (Å²) in [4.78, 5) is 16.2. The van der Waals surface area contributed by atoms with E-state index in [4.69, 9.17) is 4.42 Å². The molecule has 0 radical (unpaired) electrons. The van der Waals surface area contributed by atoms with Gasteiger partial charge in [0.25, 0.3) is 0 Å². The molecule has 0 saturated heterocycles. The molecule has 5 nitrogen and oxygen atoms in total. The third-order valence-electron chi connectivity index (χ3n) is 3.95. The number of aryl methyl sites for hydroxylation is 2. The largest absolute Gasteiger partial charge is 0.459 e. The minimum absolute atomic E-state index is 0.0458. The summed E-state index contributed by atoms with van der Waals surface area (Å²) in [5, 5.41) is 2.85. The fourth-order valence-electron chi connectivity index (χ4n) is 2.60. The standard InChI is InChI=1S/C19H20FN3O2/c1-2-18-21-10-12-23(18)11-9-19(24)22-13-16-7-8-17(25-16)14-3-5-15(20)6-4-14/h3-8,10,12H,2,9,11,13H2,1H3,(H,22,24). The molecule has 3 aromatic rings. The highest BCUT2D eigenvalue weighted by Gasteiger charge is 2.08. The number of benzene rings is 1. The first-order chi connectivity index (χ1) is 12.2. The van der Waals surface area contributed by atoms with Crippen LogP contribution in [-0.4, -0.2) is 15.5 Å². The number of carbonyl (C=O) groups is 1. The molecule has 130 valence electrons. The van der Waals surface area contributed by atoms with E-state index in [-0.39, 0.29) is 11.7 Å². The highest BCUT2D eigenvalue weighted by molar-refractivity contribution is 5.75. The van der Waals surface area contributed by atoms with Gasteiger partial charge in [0.15, 0.2) is 0 Å². The highest BCUT2D eigenvalue weighted by atomic mass is 19.1. The zero-order valence-corrected chi connectivity index (χ0v) is 14.0. The maximum Gasteiger partial charge on any atom is 0.222 e. The van der Waals surface area contributed by atoms with Crippen LogP contribution in [0.4, 0.5) is 4.39 Å². The third kappa shape index (κ3) is 4.35. The van der Waals surface area contributed by atoms with Crippen molar-refractivity contribution in [3.05, 3.63) is 66.2 Å². The lowest BCUT2D eigenvalue weighted by atomic mass is 10.2. The fourth-order valence-corrected chi connectivity index (χ4v) is 2.60. The Kier molecular flexibility index (Phi) is 5.28. The van der Waals surface area contributed by atoms with Gasteiger partial charge in [0.05, 0.1) is 6.54 Å². The number of amides is 1. The van der Waals surface area contributed by atoms with Crippen LogP contribution in [0.1, 0.15) is 24.9 Å². The maximum atomic E-state index is 13.0. The number of nitrogens with zero attached hydrogens (tertiary/aromatic N) is 2. The molecule has 0 spiro atoms. The summed E-state index contributed by atoms with van der Waals surface area (Å²) in [7, 11) is 0. The summed E-state index contributed by atoms with van der Waals surface area (Å²) in [6, 6.07) is 9.72. The number of aromatic nitrogens is 2. The molecule has 2 aromatic heterocycles. The quantitative estimate of drug-likeness (QED) is 0.715. The van der Waals surface area contributed by atoms with E-state index >= 15 is 0 Å². The van der Waals surface area contributed by atoms with E-state index in [9.17, 15) is 9.18 Å². The fraction of sp³-hybridized carbons (Fsp3) is 0.263. The van der Waals surface area contributed by atoms with Crippen molar-refractivity contribution < 1.29 is 13.6 Å². The predicted octanol–water partition coefficient (Wildman–Crippen LogP) is 3.55. The minimum atomic E-state index is -0.285. The molecule has 0 aliphatic rings. The van der Waals surface area contributed by atoms with Gasteiger partial charge in [0, 0.05) is 37.3 Å². The third-order valence-corrected chi connectivity index (χ3v) is 3.95. The lowest BCUT2D eigenvalue weighted by molar-refractivity contribution is -0.121. The van der Waals surface area contributed by atoms with Crippen LogP contribution in [0.2, 0.25) is 0 Å². The summed E-state index contributed by atoms with van der Waals surface area (Å²) in [6.45, 7) is 2.97. The molecule has 0 atom stereocenters. The number of hydrogen-bond acceptors (Lipinski definition) is 3. The van der Waals surface area contributed by atoms with E-state index in [1.54, 1.807) is 18.3 Å². The van der Waals surface area contributed by atoms with Crippen molar-refractivity contribution >= 4 is 5.91 Å². The van der Waals surface area contributed by atoms with Crippen molar-refractivity contribution in [2.45, 2.75) is 32.9 Å². The lowest BCUT2D eigenvalue weighted by Crippen LogP contribution is -2.23. The number of imidazole rings is 1. The Morgan fingerprint density at radius 1 is 1.24 bits per heavy atom. The van der Waals surface area contributed by atoms with Crippen molar-refractivity contribution in [3.8, 4) is 11.3 Å². The average Bonchev–Trinajstić information content (AvgIpc) is 3.27. The minimum Gasteiger partial charge on any atom is -0.459 e. The van der Waals surface area contributed by atoms with Gasteiger partial charge in [-0.25, -0.2) is 9.37 Å². The zero-order chi connectivity index (χ0) is 17.6. The van der Waals surface area contributed by atoms with E-state index in [0.29, 0.717) is 31.0 Å². The Hall–Kier alpha value is -2.89. The van der Waals surface area contributed by atoms with Crippen LogP contribution < -0.4 is 5.32 Å². The van der Waals surface area contributed by atoms with Crippen molar-refractivity contribution in [2.75, 3.05) is 0 Å². The SMILES string of the molecule is CCc1nccn1CCC(=O)NCc1ccc(-c2ccc(F)cc2)o1. The van der Waals surface area contributed by atoms with Crippen LogP contribution in [-0.2, 0) is 24.3 Å². The van der Waals surface area contributed by atoms with Gasteiger partial charge >= 0.3 is 0 Å². The number of nitrogens with one attached hydrogen (secondary N) is 1. The lowest BCUT2D eigenvalue weighted by Gasteiger charge is -2.07. The van der Waals surface area contributed by atoms with Crippen molar-refractivity contribution in [2.24, 2.45) is 0 Å². The van der Waals surface area contributed by atoms with Crippen LogP contribution in [0, 0.1) is 5.82 Å². The molecule has 0 unspecified atom stereocenters. The van der Waals surface area contributed by atoms with Crippen molar-refractivity contribution in [1.29, 1.82) is 0 Å². The van der Waals surface area contributed by atoms with Crippen LogP contribution in [0.15, 0.2) is 53.2 Å². The van der Waals surface area contributed by atoms with Gasteiger partial charge in [-0.2, -0.15) is 0 Å². The van der Waals surface area contributed by atoms with E-state index in [1.807, 2.05) is 29.8 Å². The van der Waals surface area contributed by atoms with Gasteiger partial charge in [0.1, 0.15) is 23.2 Å². The summed E-state index contributed by atoms with van der Waals surface area (Å²) in [6.07, 6.45) is 4.85. The molecule has 2 heterocycles. The molecule has 0 fully saturated rings. The Labute approximate surface area is 145 Å². The molecular formula is C19H20FN3O2. The highest BCUT2D eigenvalue weighted by Crippen LogP contribution is 2.22. The Balaban J connectivity index is 1.50. The van der Waals surface area contributed by atoms with Gasteiger partial charge in [-0.1, -0.05) is 6.92 Å². The number of carbonyl (C=O) groups excluding carboxylic acids is 1. The second-order valence-electron chi connectivity index (χ2n) is 5.69. The first-order valence-corrected chi connectivity index (χ1v) is 8.27. The van der Waals surface area contributed by atoms with Gasteiger partial charge in [-0.15, -0.1) is 0 Å². The van der Waals surface area contributed by atoms with Gasteiger partial charge < -0.3 is 14.3 Å². The summed E-state index contributed by atoms with van der Waals surface area (Å²) in [5.41, 5.74) is 0.797. The number of halogens is 1. The molecule has 6 heteroatoms. The van der Waals surface area contributed by atoms with Crippen LogP contribution in [0.5, 0.6) is 0 Å². The zero-order valence-electron chi connectivity index (χ0n) is 14.0. The number of rotatable bonds is 7. The molecule has 0 aliphatic carbocycles. The normalized spacial score (nSPS) is 10.8. The number of furan rings is 1. The van der Waals surface area contributed by atoms with Crippen molar-refractivity contribution in [1.82, 2.24) is 14.9 Å². The molecule has 1 aromatic carbocycles. The topological polar surface area (TPSA) is 60.1 Å². The first-order valence-electron chi connectivity index (χ1n) is 8.27. The van der Waals surface area contributed by atoms with E-state index < -0.39 is 0 Å². The Bertz CT molecular complexity index is 836. The molecule has 0 bridgehead atoms. The summed E-state index contributed by atoms with van der Waals surface area (Å²) >= 11 is 0. The Morgan fingerprint density at radius 3 is 2.80 bits per heavy atom. The van der Waals surface area contributed by atoms with Gasteiger partial charge in [-0.3, -0.25) is 4.79 Å². The van der Waals surface area contributed by atoms with Crippen LogP contribution >= 0.6 is 0 Å². The molecular weight excluding hydrogens is 321 g/mol. The van der Waals surface area contributed by atoms with Gasteiger partial charge in [0.2, 0.25) is 5.91 Å². The molecule has 1 N–H and O–H groups in total. The smallest absolute Gasteiger partial charge is 0.222 e. The first kappa shape index (κ1) is 17.0. The Morgan fingerprint density at radius 2 is 2.04 bits per heavy atom. The molecule has 25 heavy (non-hydrogen) atoms. The summed E-state index contributed by atoms with van der Waals surface area (Å²) in [5.74, 6) is 1.95. The molecule has 1 amide bonds. The second-order valence-corrected chi connectivity index (χ2v) is 5.69.